The molecular formula is C23H14Cl4N2O3. The summed E-state index contributed by atoms with van der Waals surface area (Å²) in [5.41, 5.74) is 3.24. The molecule has 0 radical (unpaired) electrons. The Morgan fingerprint density at radius 2 is 1.28 bits per heavy atom. The Kier molecular flexibility index (Phi) is 5.94. The van der Waals surface area contributed by atoms with Crippen molar-refractivity contribution in [1.29, 1.82) is 0 Å². The number of aryl methyl sites for hydroxylation is 2. The highest BCUT2D eigenvalue weighted by atomic mass is 35.5. The molecule has 0 atom stereocenters. The van der Waals surface area contributed by atoms with Crippen LogP contribution < -0.4 is 10.2 Å². The monoisotopic (exact) mass is 506 g/mol. The largest absolute Gasteiger partial charge is 0.322 e. The Balaban J connectivity index is 1.62. The summed E-state index contributed by atoms with van der Waals surface area (Å²) < 4.78 is 0. The molecule has 0 saturated heterocycles. The fourth-order valence-corrected chi connectivity index (χ4v) is 4.38. The molecule has 5 nitrogen and oxygen atoms in total. The first-order chi connectivity index (χ1) is 15.1. The van der Waals surface area contributed by atoms with Crippen molar-refractivity contribution in [3.05, 3.63) is 90.4 Å². The highest BCUT2D eigenvalue weighted by molar-refractivity contribution is 6.56. The van der Waals surface area contributed by atoms with Gasteiger partial charge < -0.3 is 5.32 Å². The Morgan fingerprint density at radius 1 is 0.750 bits per heavy atom. The summed E-state index contributed by atoms with van der Waals surface area (Å²) in [6.45, 7) is 3.95. The van der Waals surface area contributed by atoms with E-state index < -0.39 is 11.8 Å². The van der Waals surface area contributed by atoms with Gasteiger partial charge in [-0.3, -0.25) is 14.4 Å². The van der Waals surface area contributed by atoms with Gasteiger partial charge in [-0.1, -0.05) is 52.5 Å². The van der Waals surface area contributed by atoms with Crippen molar-refractivity contribution in [3.63, 3.8) is 0 Å². The molecule has 0 saturated carbocycles. The van der Waals surface area contributed by atoms with Crippen LogP contribution in [0.1, 0.15) is 42.2 Å². The van der Waals surface area contributed by atoms with Crippen LogP contribution in [0.25, 0.3) is 0 Å². The van der Waals surface area contributed by atoms with Crippen molar-refractivity contribution in [1.82, 2.24) is 0 Å². The molecule has 1 aliphatic heterocycles. The summed E-state index contributed by atoms with van der Waals surface area (Å²) in [6, 6.07) is 11.6. The number of nitrogens with zero attached hydrogens (tertiary/aromatic N) is 1. The highest BCUT2D eigenvalue weighted by Crippen LogP contribution is 2.45. The van der Waals surface area contributed by atoms with Gasteiger partial charge in [0.15, 0.2) is 0 Å². The number of imide groups is 1. The molecular weight excluding hydrogens is 494 g/mol. The van der Waals surface area contributed by atoms with Crippen LogP contribution in [0.15, 0.2) is 42.5 Å². The van der Waals surface area contributed by atoms with Crippen molar-refractivity contribution in [2.75, 3.05) is 10.2 Å². The van der Waals surface area contributed by atoms with E-state index in [4.69, 9.17) is 46.4 Å². The standard InChI is InChI=1S/C23H14Cl4N2O3/c1-10-3-6-13(9-11(10)2)28-21(30)12-4-7-14(8-5-12)29-22(31)15-16(23(29)32)18(25)20(27)19(26)17(15)24/h3-9H,1-2H3,(H,28,30). The predicted octanol–water partition coefficient (Wildman–Crippen LogP) is 6.97. The van der Waals surface area contributed by atoms with Crippen molar-refractivity contribution >= 4 is 75.5 Å². The number of hydrogen-bond donors (Lipinski definition) is 1. The summed E-state index contributed by atoms with van der Waals surface area (Å²) in [6.07, 6.45) is 0. The minimum absolute atomic E-state index is 0.0987. The number of hydrogen-bond acceptors (Lipinski definition) is 3. The van der Waals surface area contributed by atoms with E-state index in [0.717, 1.165) is 16.0 Å². The Hall–Kier alpha value is -2.57. The van der Waals surface area contributed by atoms with E-state index in [1.165, 1.54) is 24.3 Å². The van der Waals surface area contributed by atoms with Crippen molar-refractivity contribution in [2.45, 2.75) is 13.8 Å². The number of anilines is 2. The average molecular weight is 508 g/mol. The number of carbonyl (C=O) groups excluding carboxylic acids is 3. The number of fused-ring (bicyclic) bond motifs is 1. The van der Waals surface area contributed by atoms with Crippen molar-refractivity contribution in [3.8, 4) is 0 Å². The van der Waals surface area contributed by atoms with Gasteiger partial charge >= 0.3 is 0 Å². The molecule has 3 aromatic carbocycles. The maximum atomic E-state index is 12.9. The van der Waals surface area contributed by atoms with Gasteiger partial charge in [-0.2, -0.15) is 0 Å². The first-order valence-corrected chi connectivity index (χ1v) is 10.9. The van der Waals surface area contributed by atoms with Gasteiger partial charge in [0.2, 0.25) is 0 Å². The normalized spacial score (nSPS) is 12.9. The van der Waals surface area contributed by atoms with Crippen LogP contribution in [0, 0.1) is 13.8 Å². The van der Waals surface area contributed by atoms with Crippen molar-refractivity contribution in [2.24, 2.45) is 0 Å². The third-order valence-corrected chi connectivity index (χ3v) is 7.06. The number of amides is 3. The first-order valence-electron chi connectivity index (χ1n) is 9.35. The second-order valence-electron chi connectivity index (χ2n) is 7.25. The van der Waals surface area contributed by atoms with Gasteiger partial charge in [0, 0.05) is 11.3 Å². The van der Waals surface area contributed by atoms with Crippen LogP contribution in [-0.2, 0) is 0 Å². The first kappa shape index (κ1) is 22.6. The maximum absolute atomic E-state index is 12.9. The zero-order valence-electron chi connectivity index (χ0n) is 16.7. The zero-order valence-corrected chi connectivity index (χ0v) is 19.7. The summed E-state index contributed by atoms with van der Waals surface area (Å²) in [5.74, 6) is -1.68. The van der Waals surface area contributed by atoms with Crippen LogP contribution in [0.4, 0.5) is 11.4 Å². The Bertz CT molecular complexity index is 1270. The van der Waals surface area contributed by atoms with Crippen LogP contribution in [0.3, 0.4) is 0 Å². The number of rotatable bonds is 3. The van der Waals surface area contributed by atoms with Gasteiger partial charge in [-0.05, 0) is 61.4 Å². The lowest BCUT2D eigenvalue weighted by Crippen LogP contribution is -2.29. The second kappa shape index (κ2) is 8.41. The van der Waals surface area contributed by atoms with Crippen LogP contribution in [-0.4, -0.2) is 17.7 Å². The summed E-state index contributed by atoms with van der Waals surface area (Å²) >= 11 is 24.4. The zero-order chi connectivity index (χ0) is 23.3. The predicted molar refractivity (Wildman–Crippen MR) is 128 cm³/mol. The smallest absolute Gasteiger partial charge is 0.267 e. The average Bonchev–Trinajstić information content (AvgIpc) is 3.03. The molecule has 1 N–H and O–H groups in total. The van der Waals surface area contributed by atoms with E-state index in [2.05, 4.69) is 5.32 Å². The van der Waals surface area contributed by atoms with Crippen LogP contribution in [0.5, 0.6) is 0 Å². The fraction of sp³-hybridized carbons (Fsp3) is 0.0870. The molecule has 162 valence electrons. The van der Waals surface area contributed by atoms with Crippen LogP contribution >= 0.6 is 46.4 Å². The highest BCUT2D eigenvalue weighted by Gasteiger charge is 2.42. The third-order valence-electron chi connectivity index (χ3n) is 5.25. The van der Waals surface area contributed by atoms with Gasteiger partial charge in [-0.25, -0.2) is 4.90 Å². The van der Waals surface area contributed by atoms with E-state index in [-0.39, 0.29) is 42.8 Å². The molecule has 32 heavy (non-hydrogen) atoms. The molecule has 3 aromatic rings. The Morgan fingerprint density at radius 3 is 1.78 bits per heavy atom. The number of carbonyl (C=O) groups is 3. The summed E-state index contributed by atoms with van der Waals surface area (Å²) in [5, 5.41) is 2.35. The molecule has 1 heterocycles. The van der Waals surface area contributed by atoms with Gasteiger partial charge in [0.05, 0.1) is 36.9 Å². The van der Waals surface area contributed by atoms with Gasteiger partial charge in [-0.15, -0.1) is 0 Å². The van der Waals surface area contributed by atoms with E-state index in [9.17, 15) is 14.4 Å². The molecule has 0 aromatic heterocycles. The van der Waals surface area contributed by atoms with E-state index in [0.29, 0.717) is 11.3 Å². The molecule has 0 bridgehead atoms. The summed E-state index contributed by atoms with van der Waals surface area (Å²) in [4.78, 5) is 39.4. The van der Waals surface area contributed by atoms with E-state index >= 15 is 0 Å². The van der Waals surface area contributed by atoms with Crippen LogP contribution in [0.2, 0.25) is 20.1 Å². The van der Waals surface area contributed by atoms with Crippen molar-refractivity contribution < 1.29 is 14.4 Å². The Labute approximate surface area is 203 Å². The molecule has 0 aliphatic carbocycles. The molecule has 9 heteroatoms. The third kappa shape index (κ3) is 3.65. The summed E-state index contributed by atoms with van der Waals surface area (Å²) in [7, 11) is 0. The van der Waals surface area contributed by atoms with Gasteiger partial charge in [0.25, 0.3) is 17.7 Å². The molecule has 0 spiro atoms. The second-order valence-corrected chi connectivity index (χ2v) is 8.76. The SMILES string of the molecule is Cc1ccc(NC(=O)c2ccc(N3C(=O)c4c(Cl)c(Cl)c(Cl)c(Cl)c4C3=O)cc2)cc1C. The fourth-order valence-electron chi connectivity index (χ4n) is 3.37. The van der Waals surface area contributed by atoms with Gasteiger partial charge in [0.1, 0.15) is 0 Å². The number of nitrogens with one attached hydrogen (secondary N) is 1. The number of halogens is 4. The molecule has 3 amide bonds. The molecule has 1 aliphatic rings. The lowest BCUT2D eigenvalue weighted by atomic mass is 10.1. The molecule has 0 fully saturated rings. The maximum Gasteiger partial charge on any atom is 0.267 e. The quantitative estimate of drug-likeness (QED) is 0.236. The molecule has 4 rings (SSSR count). The number of benzene rings is 3. The molecule has 0 unspecified atom stereocenters. The minimum atomic E-state index is -0.678. The topological polar surface area (TPSA) is 66.5 Å². The lowest BCUT2D eigenvalue weighted by Gasteiger charge is -2.14. The van der Waals surface area contributed by atoms with E-state index in [1.807, 2.05) is 32.0 Å². The minimum Gasteiger partial charge on any atom is -0.322 e. The van der Waals surface area contributed by atoms with E-state index in [1.54, 1.807) is 0 Å². The lowest BCUT2D eigenvalue weighted by molar-refractivity contribution is 0.0925.